The van der Waals surface area contributed by atoms with Gasteiger partial charge in [0.1, 0.15) is 0 Å². The highest BCUT2D eigenvalue weighted by Crippen LogP contribution is 2.46. The molecule has 2 fully saturated rings. The molecule has 2 aliphatic heterocycles. The minimum Gasteiger partial charge on any atom is -0.274 e. The average molecular weight is 517 g/mol. The molecule has 8 nitrogen and oxygen atoms in total. The van der Waals surface area contributed by atoms with Crippen LogP contribution in [0, 0.1) is 23.7 Å². The SMILES string of the molecule is O=C1C2CC=C(S(=O)(=O)C3=CCC4C(=O)N(c5ccccc5)C(=O)C4C3)CC2C(=O)N1c1ccccc1. The molecule has 2 heterocycles. The number of anilines is 2. The van der Waals surface area contributed by atoms with Crippen molar-refractivity contribution in [3.8, 4) is 0 Å². The minimum absolute atomic E-state index is 0.0602. The van der Waals surface area contributed by atoms with Gasteiger partial charge in [0, 0.05) is 9.81 Å². The van der Waals surface area contributed by atoms with Gasteiger partial charge in [0.15, 0.2) is 9.84 Å². The van der Waals surface area contributed by atoms with Crippen LogP contribution in [0.5, 0.6) is 0 Å². The molecule has 0 aromatic heterocycles. The second kappa shape index (κ2) is 8.62. The van der Waals surface area contributed by atoms with Crippen molar-refractivity contribution in [2.45, 2.75) is 25.7 Å². The summed E-state index contributed by atoms with van der Waals surface area (Å²) in [7, 11) is -3.95. The van der Waals surface area contributed by atoms with E-state index in [1.165, 1.54) is 0 Å². The third-order valence-corrected chi connectivity index (χ3v) is 9.93. The van der Waals surface area contributed by atoms with Gasteiger partial charge >= 0.3 is 0 Å². The van der Waals surface area contributed by atoms with E-state index in [1.54, 1.807) is 72.8 Å². The first-order valence-corrected chi connectivity index (χ1v) is 13.8. The van der Waals surface area contributed by atoms with Crippen molar-refractivity contribution >= 4 is 44.8 Å². The van der Waals surface area contributed by atoms with Crippen LogP contribution in [0.3, 0.4) is 0 Å². The predicted octanol–water partition coefficient (Wildman–Crippen LogP) is 3.37. The summed E-state index contributed by atoms with van der Waals surface area (Å²) < 4.78 is 27.3. The summed E-state index contributed by atoms with van der Waals surface area (Å²) in [6.07, 6.45) is 3.28. The van der Waals surface area contributed by atoms with Crippen molar-refractivity contribution in [2.24, 2.45) is 23.7 Å². The van der Waals surface area contributed by atoms with Crippen molar-refractivity contribution < 1.29 is 27.6 Å². The zero-order valence-corrected chi connectivity index (χ0v) is 20.6. The number of carbonyl (C=O) groups is 4. The Morgan fingerprint density at radius 2 is 0.892 bits per heavy atom. The molecule has 2 aromatic carbocycles. The number of benzene rings is 2. The second-order valence-electron chi connectivity index (χ2n) is 9.84. The zero-order valence-electron chi connectivity index (χ0n) is 19.8. The van der Waals surface area contributed by atoms with Gasteiger partial charge in [-0.05, 0) is 49.9 Å². The lowest BCUT2D eigenvalue weighted by Crippen LogP contribution is -2.31. The lowest BCUT2D eigenvalue weighted by atomic mass is 9.85. The van der Waals surface area contributed by atoms with Crippen LogP contribution < -0.4 is 9.80 Å². The van der Waals surface area contributed by atoms with Gasteiger partial charge in [0.05, 0.1) is 35.0 Å². The lowest BCUT2D eigenvalue weighted by molar-refractivity contribution is -0.124. The Hall–Kier alpha value is -3.85. The Kier molecular flexibility index (Phi) is 5.49. The molecule has 37 heavy (non-hydrogen) atoms. The van der Waals surface area contributed by atoms with Gasteiger partial charge in [-0.15, -0.1) is 0 Å². The number of para-hydroxylation sites is 2. The van der Waals surface area contributed by atoms with Crippen LogP contribution in [-0.4, -0.2) is 32.0 Å². The highest BCUT2D eigenvalue weighted by Gasteiger charge is 2.53. The van der Waals surface area contributed by atoms with Crippen LogP contribution in [-0.2, 0) is 29.0 Å². The van der Waals surface area contributed by atoms with E-state index in [9.17, 15) is 27.6 Å². The zero-order chi connectivity index (χ0) is 25.9. The van der Waals surface area contributed by atoms with Gasteiger partial charge in [-0.3, -0.25) is 29.0 Å². The molecule has 0 bridgehead atoms. The maximum atomic E-state index is 13.6. The van der Waals surface area contributed by atoms with Crippen LogP contribution in [0.1, 0.15) is 25.7 Å². The van der Waals surface area contributed by atoms with E-state index in [0.29, 0.717) is 11.4 Å². The van der Waals surface area contributed by atoms with Crippen LogP contribution in [0.15, 0.2) is 82.6 Å². The summed E-state index contributed by atoms with van der Waals surface area (Å²) in [6.45, 7) is 0. The molecule has 2 aromatic rings. The first-order valence-electron chi connectivity index (χ1n) is 12.3. The summed E-state index contributed by atoms with van der Waals surface area (Å²) in [5, 5.41) is 0. The Morgan fingerprint density at radius 3 is 1.27 bits per heavy atom. The van der Waals surface area contributed by atoms with E-state index in [4.69, 9.17) is 0 Å². The quantitative estimate of drug-likeness (QED) is 0.577. The molecule has 2 saturated heterocycles. The number of hydrogen-bond donors (Lipinski definition) is 0. The van der Waals surface area contributed by atoms with Gasteiger partial charge in [0.2, 0.25) is 23.6 Å². The maximum absolute atomic E-state index is 13.6. The van der Waals surface area contributed by atoms with Gasteiger partial charge in [0.25, 0.3) is 0 Å². The molecule has 4 atom stereocenters. The van der Waals surface area contributed by atoms with E-state index in [1.807, 2.05) is 0 Å². The van der Waals surface area contributed by atoms with Crippen LogP contribution in [0.2, 0.25) is 0 Å². The summed E-state index contributed by atoms with van der Waals surface area (Å²) >= 11 is 0. The second-order valence-corrected chi connectivity index (χ2v) is 11.9. The van der Waals surface area contributed by atoms with Crippen molar-refractivity contribution in [2.75, 3.05) is 9.80 Å². The van der Waals surface area contributed by atoms with E-state index in [0.717, 1.165) is 9.80 Å². The van der Waals surface area contributed by atoms with Crippen molar-refractivity contribution in [3.63, 3.8) is 0 Å². The summed E-state index contributed by atoms with van der Waals surface area (Å²) in [4.78, 5) is 54.9. The Labute approximate surface area is 214 Å². The molecule has 0 spiro atoms. The molecule has 4 unspecified atom stereocenters. The van der Waals surface area contributed by atoms with Gasteiger partial charge in [-0.2, -0.15) is 0 Å². The predicted molar refractivity (Wildman–Crippen MR) is 135 cm³/mol. The number of carbonyl (C=O) groups excluding carboxylic acids is 4. The fourth-order valence-corrected chi connectivity index (χ4v) is 7.71. The maximum Gasteiger partial charge on any atom is 0.238 e. The molecular weight excluding hydrogens is 492 g/mol. The number of imide groups is 2. The monoisotopic (exact) mass is 516 g/mol. The number of nitrogens with zero attached hydrogens (tertiary/aromatic N) is 2. The van der Waals surface area contributed by atoms with Crippen LogP contribution in [0.25, 0.3) is 0 Å². The third kappa shape index (κ3) is 3.60. The van der Waals surface area contributed by atoms with Crippen molar-refractivity contribution in [1.82, 2.24) is 0 Å². The van der Waals surface area contributed by atoms with E-state index in [2.05, 4.69) is 0 Å². The molecule has 0 saturated carbocycles. The molecule has 188 valence electrons. The fourth-order valence-electron chi connectivity index (χ4n) is 5.95. The van der Waals surface area contributed by atoms with Crippen LogP contribution in [0.4, 0.5) is 11.4 Å². The van der Waals surface area contributed by atoms with E-state index >= 15 is 0 Å². The molecule has 6 rings (SSSR count). The number of sulfone groups is 1. The van der Waals surface area contributed by atoms with Crippen molar-refractivity contribution in [3.05, 3.63) is 82.6 Å². The summed E-state index contributed by atoms with van der Waals surface area (Å²) in [5.41, 5.74) is 0.953. The van der Waals surface area contributed by atoms with E-state index in [-0.39, 0.29) is 47.3 Å². The normalized spacial score (nSPS) is 27.7. The standard InChI is InChI=1S/C28H24N2O6S/c31-25-21-13-11-19(15-23(21)27(33)29(25)17-7-3-1-4-8-17)37(35,36)20-12-14-22-24(16-20)28(34)30(26(22)32)18-9-5-2-6-10-18/h1-12,21-24H,13-16H2. The highest BCUT2D eigenvalue weighted by molar-refractivity contribution is 7.98. The first kappa shape index (κ1) is 23.5. The number of allylic oxidation sites excluding steroid dienone is 4. The number of rotatable bonds is 4. The smallest absolute Gasteiger partial charge is 0.238 e. The molecule has 4 aliphatic rings. The number of hydrogen-bond acceptors (Lipinski definition) is 6. The highest BCUT2D eigenvalue weighted by atomic mass is 32.2. The Morgan fingerprint density at radius 1 is 0.541 bits per heavy atom. The molecule has 9 heteroatoms. The van der Waals surface area contributed by atoms with E-state index < -0.39 is 45.3 Å². The van der Waals surface area contributed by atoms with Gasteiger partial charge in [-0.1, -0.05) is 48.6 Å². The summed E-state index contributed by atoms with van der Waals surface area (Å²) in [5.74, 6) is -4.10. The molecule has 0 N–H and O–H groups in total. The van der Waals surface area contributed by atoms with Crippen molar-refractivity contribution in [1.29, 1.82) is 0 Å². The topological polar surface area (TPSA) is 109 Å². The van der Waals surface area contributed by atoms with Crippen LogP contribution >= 0.6 is 0 Å². The molecular formula is C28H24N2O6S. The molecule has 2 aliphatic carbocycles. The third-order valence-electron chi connectivity index (χ3n) is 7.88. The summed E-state index contributed by atoms with van der Waals surface area (Å²) in [6, 6.07) is 17.3. The first-order chi connectivity index (χ1) is 17.8. The number of fused-ring (bicyclic) bond motifs is 2. The Balaban J connectivity index is 1.23. The number of amides is 4. The molecule has 0 radical (unpaired) electrons. The minimum atomic E-state index is -3.95. The van der Waals surface area contributed by atoms with Gasteiger partial charge < -0.3 is 0 Å². The lowest BCUT2D eigenvalue weighted by Gasteiger charge is -2.25. The largest absolute Gasteiger partial charge is 0.274 e. The molecule has 4 amide bonds. The van der Waals surface area contributed by atoms with Gasteiger partial charge in [-0.25, -0.2) is 8.42 Å². The fraction of sp³-hybridized carbons (Fsp3) is 0.286. The Bertz CT molecular complexity index is 1390. The average Bonchev–Trinajstić information content (AvgIpc) is 3.33.